The van der Waals surface area contributed by atoms with E-state index in [0.717, 1.165) is 23.5 Å². The summed E-state index contributed by atoms with van der Waals surface area (Å²) in [6.45, 7) is -0.445. The summed E-state index contributed by atoms with van der Waals surface area (Å²) in [6.07, 6.45) is 4.75. The Bertz CT molecular complexity index is 788. The Morgan fingerprint density at radius 1 is 1.12 bits per heavy atom. The maximum atomic E-state index is 13.5. The van der Waals surface area contributed by atoms with Crippen molar-refractivity contribution in [2.75, 3.05) is 11.9 Å². The summed E-state index contributed by atoms with van der Waals surface area (Å²) in [5.74, 6) is -3.52. The zero-order valence-corrected chi connectivity index (χ0v) is 15.0. The number of anilines is 1. The number of rotatable bonds is 3. The Morgan fingerprint density at radius 2 is 1.64 bits per heavy atom. The van der Waals surface area contributed by atoms with Gasteiger partial charge in [0.2, 0.25) is 17.7 Å². The van der Waals surface area contributed by atoms with Crippen LogP contribution in [0.1, 0.15) is 6.42 Å². The lowest BCUT2D eigenvalue weighted by molar-refractivity contribution is -0.143. The van der Waals surface area contributed by atoms with Gasteiger partial charge < -0.3 is 5.32 Å². The zero-order valence-electron chi connectivity index (χ0n) is 12.8. The molecule has 25 heavy (non-hydrogen) atoms. The van der Waals surface area contributed by atoms with Crippen LogP contribution in [0, 0.1) is 38.9 Å². The number of fused-ring (bicyclic) bond motifs is 5. The van der Waals surface area contributed by atoms with Gasteiger partial charge in [-0.05, 0) is 53.0 Å². The number of nitrogens with one attached hydrogen (secondary N) is 1. The molecular weight excluding hydrogens is 445 g/mol. The Morgan fingerprint density at radius 3 is 2.16 bits per heavy atom. The van der Waals surface area contributed by atoms with Crippen molar-refractivity contribution in [2.24, 2.45) is 23.7 Å². The Kier molecular flexibility index (Phi) is 3.89. The second kappa shape index (κ2) is 5.86. The first kappa shape index (κ1) is 16.6. The average molecular weight is 458 g/mol. The molecule has 1 N–H and O–H groups in total. The van der Waals surface area contributed by atoms with E-state index in [9.17, 15) is 23.2 Å². The molecule has 1 heterocycles. The molecule has 1 aromatic carbocycles. The molecule has 0 spiro atoms. The molecule has 1 saturated heterocycles. The summed E-state index contributed by atoms with van der Waals surface area (Å²) in [6, 6.07) is 1.99. The van der Waals surface area contributed by atoms with Gasteiger partial charge in [-0.3, -0.25) is 19.3 Å². The Labute approximate surface area is 155 Å². The van der Waals surface area contributed by atoms with Gasteiger partial charge in [0.05, 0.1) is 15.4 Å². The highest BCUT2D eigenvalue weighted by molar-refractivity contribution is 14.1. The van der Waals surface area contributed by atoms with Gasteiger partial charge in [0.25, 0.3) is 0 Å². The van der Waals surface area contributed by atoms with Crippen LogP contribution >= 0.6 is 22.6 Å². The molecule has 5 nitrogen and oxygen atoms in total. The number of benzene rings is 1. The fourth-order valence-electron chi connectivity index (χ4n) is 4.09. The molecule has 3 amide bonds. The number of hydrogen-bond acceptors (Lipinski definition) is 3. The van der Waals surface area contributed by atoms with Crippen LogP contribution in [0.15, 0.2) is 24.3 Å². The van der Waals surface area contributed by atoms with Crippen LogP contribution in [0.5, 0.6) is 0 Å². The third-order valence-corrected chi connectivity index (χ3v) is 6.16. The number of likely N-dealkylation sites (tertiary alicyclic amines) is 1. The van der Waals surface area contributed by atoms with Crippen molar-refractivity contribution in [2.45, 2.75) is 6.42 Å². The highest BCUT2D eigenvalue weighted by atomic mass is 127. The maximum absolute atomic E-state index is 13.5. The molecule has 4 rings (SSSR count). The second-order valence-corrected chi connectivity index (χ2v) is 7.64. The van der Waals surface area contributed by atoms with Gasteiger partial charge in [-0.2, -0.15) is 0 Å². The first-order valence-electron chi connectivity index (χ1n) is 7.84. The lowest BCUT2D eigenvalue weighted by Crippen LogP contribution is -2.39. The largest absolute Gasteiger partial charge is 0.324 e. The first-order valence-corrected chi connectivity index (χ1v) is 8.92. The van der Waals surface area contributed by atoms with E-state index in [2.05, 4.69) is 5.32 Å². The molecular formula is C17H13F2IN2O3. The van der Waals surface area contributed by atoms with E-state index in [0.29, 0.717) is 0 Å². The predicted octanol–water partition coefficient (Wildman–Crippen LogP) is 2.32. The molecule has 1 aromatic rings. The molecule has 8 heteroatoms. The van der Waals surface area contributed by atoms with Crippen molar-refractivity contribution in [3.8, 4) is 0 Å². The predicted molar refractivity (Wildman–Crippen MR) is 92.1 cm³/mol. The van der Waals surface area contributed by atoms with E-state index in [1.54, 1.807) is 0 Å². The van der Waals surface area contributed by atoms with E-state index < -0.39 is 24.1 Å². The van der Waals surface area contributed by atoms with Gasteiger partial charge in [0.15, 0.2) is 0 Å². The third kappa shape index (κ3) is 2.57. The molecule has 0 aromatic heterocycles. The van der Waals surface area contributed by atoms with E-state index in [4.69, 9.17) is 0 Å². The zero-order chi connectivity index (χ0) is 17.9. The van der Waals surface area contributed by atoms with Crippen molar-refractivity contribution < 1.29 is 23.2 Å². The molecule has 130 valence electrons. The number of halogens is 3. The van der Waals surface area contributed by atoms with Crippen molar-refractivity contribution in [3.63, 3.8) is 0 Å². The van der Waals surface area contributed by atoms with Gasteiger partial charge in [-0.25, -0.2) is 8.78 Å². The van der Waals surface area contributed by atoms with E-state index in [1.165, 1.54) is 22.6 Å². The molecule has 3 aliphatic rings. The molecule has 2 fully saturated rings. The summed E-state index contributed by atoms with van der Waals surface area (Å²) in [5, 5.41) is 2.34. The minimum Gasteiger partial charge on any atom is -0.324 e. The Balaban J connectivity index is 1.47. The monoisotopic (exact) mass is 458 g/mol. The third-order valence-electron chi connectivity index (χ3n) is 5.13. The number of carbonyl (C=O) groups is 3. The quantitative estimate of drug-likeness (QED) is 0.328. The molecule has 1 aliphatic heterocycles. The van der Waals surface area contributed by atoms with Crippen LogP contribution in [-0.2, 0) is 14.4 Å². The highest BCUT2D eigenvalue weighted by Crippen LogP contribution is 2.52. The van der Waals surface area contributed by atoms with Gasteiger partial charge >= 0.3 is 0 Å². The standard InChI is InChI=1S/C17H13F2IN2O3/c18-10-4-9(5-11(19)15(10)20)21-12(23)6-22-16(24)13-7-1-2-8(3-7)14(13)17(22)25/h1-2,4-5,7-8,13-14H,3,6H2,(H,21,23). The number of nitrogens with zero attached hydrogens (tertiary/aromatic N) is 1. The van der Waals surface area contributed by atoms with Gasteiger partial charge in [-0.15, -0.1) is 0 Å². The minimum absolute atomic E-state index is 0.0542. The van der Waals surface area contributed by atoms with Crippen LogP contribution in [0.4, 0.5) is 14.5 Å². The summed E-state index contributed by atoms with van der Waals surface area (Å²) in [5.41, 5.74) is -0.0542. The van der Waals surface area contributed by atoms with Crippen molar-refractivity contribution in [1.82, 2.24) is 4.90 Å². The summed E-state index contributed by atoms with van der Waals surface area (Å²) in [4.78, 5) is 38.1. The topological polar surface area (TPSA) is 66.5 Å². The van der Waals surface area contributed by atoms with Crippen molar-refractivity contribution >= 4 is 46.0 Å². The molecule has 0 radical (unpaired) electrons. The first-order chi connectivity index (χ1) is 11.9. The molecule has 4 atom stereocenters. The number of imide groups is 1. The fourth-order valence-corrected chi connectivity index (χ4v) is 4.40. The normalized spacial score (nSPS) is 29.5. The van der Waals surface area contributed by atoms with Crippen LogP contribution in [0.25, 0.3) is 0 Å². The van der Waals surface area contributed by atoms with Crippen molar-refractivity contribution in [1.29, 1.82) is 0 Å². The van der Waals surface area contributed by atoms with Crippen LogP contribution in [-0.4, -0.2) is 29.2 Å². The molecule has 2 aliphatic carbocycles. The van der Waals surface area contributed by atoms with E-state index in [1.807, 2.05) is 12.2 Å². The smallest absolute Gasteiger partial charge is 0.244 e. The summed E-state index contributed by atoms with van der Waals surface area (Å²) >= 11 is 1.52. The molecule has 1 saturated carbocycles. The van der Waals surface area contributed by atoms with Crippen molar-refractivity contribution in [3.05, 3.63) is 39.5 Å². The number of carbonyl (C=O) groups excluding carboxylic acids is 3. The molecule has 4 unspecified atom stereocenters. The second-order valence-electron chi connectivity index (χ2n) is 6.56. The minimum atomic E-state index is -0.790. The number of amides is 3. The number of allylic oxidation sites excluding steroid dienone is 2. The van der Waals surface area contributed by atoms with Gasteiger partial charge in [0, 0.05) is 5.69 Å². The maximum Gasteiger partial charge on any atom is 0.244 e. The van der Waals surface area contributed by atoms with E-state index >= 15 is 0 Å². The van der Waals surface area contributed by atoms with Crippen LogP contribution in [0.3, 0.4) is 0 Å². The van der Waals surface area contributed by atoms with Crippen LogP contribution < -0.4 is 5.32 Å². The lowest BCUT2D eigenvalue weighted by Gasteiger charge is -2.17. The summed E-state index contributed by atoms with van der Waals surface area (Å²) < 4.78 is 26.9. The Hall–Kier alpha value is -1.84. The molecule has 2 bridgehead atoms. The fraction of sp³-hybridized carbons (Fsp3) is 0.353. The number of hydrogen-bond donors (Lipinski definition) is 1. The van der Waals surface area contributed by atoms with Gasteiger partial charge in [0.1, 0.15) is 18.2 Å². The van der Waals surface area contributed by atoms with E-state index in [-0.39, 0.29) is 44.7 Å². The average Bonchev–Trinajstić information content (AvgIpc) is 3.22. The lowest BCUT2D eigenvalue weighted by atomic mass is 9.85. The SMILES string of the molecule is O=C(CN1C(=O)C2C3C=CC(C3)C2C1=O)Nc1cc(F)c(I)c(F)c1. The van der Waals surface area contributed by atoms with Gasteiger partial charge in [-0.1, -0.05) is 12.2 Å². The summed E-state index contributed by atoms with van der Waals surface area (Å²) in [7, 11) is 0. The van der Waals surface area contributed by atoms with Crippen LogP contribution in [0.2, 0.25) is 0 Å². The highest BCUT2D eigenvalue weighted by Gasteiger charge is 2.59.